The molecule has 168 valence electrons. The van der Waals surface area contributed by atoms with Crippen molar-refractivity contribution in [1.29, 1.82) is 0 Å². The van der Waals surface area contributed by atoms with Gasteiger partial charge in [-0.25, -0.2) is 0 Å². The second-order valence-electron chi connectivity index (χ2n) is 10.9. The van der Waals surface area contributed by atoms with Gasteiger partial charge in [0.2, 0.25) is 0 Å². The van der Waals surface area contributed by atoms with Gasteiger partial charge in [-0.15, -0.1) is 0 Å². The Morgan fingerprint density at radius 2 is 1.48 bits per heavy atom. The van der Waals surface area contributed by atoms with E-state index in [-0.39, 0.29) is 18.0 Å². The molecule has 0 aromatic rings. The monoisotopic (exact) mass is 404 g/mol. The van der Waals surface area contributed by atoms with Gasteiger partial charge in [0.25, 0.3) is 0 Å². The molecule has 0 saturated heterocycles. The molecule has 3 rings (SSSR count). The van der Waals surface area contributed by atoms with E-state index in [2.05, 4.69) is 20.8 Å². The summed E-state index contributed by atoms with van der Waals surface area (Å²) >= 11 is 0. The molecule has 0 unspecified atom stereocenters. The standard InChI is InChI=1S/C27H48O2/c1-4-6-8-21-9-16-25(17-10-21)29-27(28)24-14-12-23(13-15-24)26-18-11-22(7-5-2)19-20(26)3/h20-26H,4-19H2,1-3H3/t20-,21?,22+,23-,24-,25?,26-/m1/s1. The Balaban J connectivity index is 1.36. The van der Waals surface area contributed by atoms with E-state index < -0.39 is 0 Å². The number of carbonyl (C=O) groups excluding carboxylic acids is 1. The third-order valence-electron chi connectivity index (χ3n) is 8.79. The Bertz CT molecular complexity index is 471. The summed E-state index contributed by atoms with van der Waals surface area (Å²) in [6.07, 6.45) is 20.8. The van der Waals surface area contributed by atoms with Gasteiger partial charge in [-0.3, -0.25) is 4.79 Å². The molecule has 2 heteroatoms. The minimum atomic E-state index is 0.139. The van der Waals surface area contributed by atoms with Crippen molar-refractivity contribution >= 4 is 5.97 Å². The Morgan fingerprint density at radius 1 is 0.793 bits per heavy atom. The number of hydrogen-bond donors (Lipinski definition) is 0. The highest BCUT2D eigenvalue weighted by atomic mass is 16.5. The molecule has 0 aromatic carbocycles. The maximum atomic E-state index is 12.8. The van der Waals surface area contributed by atoms with Crippen molar-refractivity contribution < 1.29 is 9.53 Å². The van der Waals surface area contributed by atoms with E-state index in [0.717, 1.165) is 55.3 Å². The molecule has 3 atom stereocenters. The lowest BCUT2D eigenvalue weighted by Crippen LogP contribution is -2.34. The first-order chi connectivity index (χ1) is 14.1. The molecule has 3 aliphatic carbocycles. The van der Waals surface area contributed by atoms with Gasteiger partial charge in [0.15, 0.2) is 0 Å². The number of hydrogen-bond acceptors (Lipinski definition) is 2. The number of carbonyl (C=O) groups is 1. The molecule has 3 aliphatic rings. The largest absolute Gasteiger partial charge is 0.462 e. The van der Waals surface area contributed by atoms with Crippen LogP contribution < -0.4 is 0 Å². The van der Waals surface area contributed by atoms with Crippen molar-refractivity contribution in [3.8, 4) is 0 Å². The molecule has 29 heavy (non-hydrogen) atoms. The van der Waals surface area contributed by atoms with E-state index in [0.29, 0.717) is 0 Å². The van der Waals surface area contributed by atoms with Crippen LogP contribution in [0.15, 0.2) is 0 Å². The van der Waals surface area contributed by atoms with Crippen molar-refractivity contribution in [3.05, 3.63) is 0 Å². The minimum absolute atomic E-state index is 0.139. The van der Waals surface area contributed by atoms with E-state index >= 15 is 0 Å². The molecule has 0 N–H and O–H groups in total. The molecule has 0 bridgehead atoms. The van der Waals surface area contributed by atoms with Crippen molar-refractivity contribution in [2.24, 2.45) is 35.5 Å². The Hall–Kier alpha value is -0.530. The molecular formula is C27H48O2. The van der Waals surface area contributed by atoms with Crippen LogP contribution in [0.2, 0.25) is 0 Å². The van der Waals surface area contributed by atoms with Gasteiger partial charge in [-0.2, -0.15) is 0 Å². The molecule has 0 spiro atoms. The first-order valence-corrected chi connectivity index (χ1v) is 13.3. The van der Waals surface area contributed by atoms with E-state index in [1.165, 1.54) is 77.0 Å². The lowest BCUT2D eigenvalue weighted by atomic mass is 9.64. The summed E-state index contributed by atoms with van der Waals surface area (Å²) in [5.41, 5.74) is 0. The predicted molar refractivity (Wildman–Crippen MR) is 122 cm³/mol. The van der Waals surface area contributed by atoms with Crippen LogP contribution in [0.3, 0.4) is 0 Å². The lowest BCUT2D eigenvalue weighted by molar-refractivity contribution is -0.157. The molecule has 0 heterocycles. The van der Waals surface area contributed by atoms with Crippen LogP contribution in [0.25, 0.3) is 0 Å². The van der Waals surface area contributed by atoms with Crippen LogP contribution in [-0.4, -0.2) is 12.1 Å². The average Bonchev–Trinajstić information content (AvgIpc) is 2.74. The van der Waals surface area contributed by atoms with Gasteiger partial charge >= 0.3 is 5.97 Å². The average molecular weight is 405 g/mol. The highest BCUT2D eigenvalue weighted by molar-refractivity contribution is 5.72. The van der Waals surface area contributed by atoms with Crippen molar-refractivity contribution in [2.45, 2.75) is 130 Å². The maximum Gasteiger partial charge on any atom is 0.309 e. The Labute approximate surface area is 180 Å². The lowest BCUT2D eigenvalue weighted by Gasteiger charge is -2.41. The first-order valence-electron chi connectivity index (χ1n) is 13.3. The fraction of sp³-hybridized carbons (Fsp3) is 0.963. The van der Waals surface area contributed by atoms with Crippen LogP contribution in [-0.2, 0) is 9.53 Å². The maximum absolute atomic E-state index is 12.8. The Kier molecular flexibility index (Phi) is 9.38. The van der Waals surface area contributed by atoms with E-state index in [1.807, 2.05) is 0 Å². The summed E-state index contributed by atoms with van der Waals surface area (Å²) < 4.78 is 5.99. The number of unbranched alkanes of at least 4 members (excludes halogenated alkanes) is 1. The van der Waals surface area contributed by atoms with Crippen molar-refractivity contribution in [2.75, 3.05) is 0 Å². The zero-order valence-corrected chi connectivity index (χ0v) is 19.7. The first kappa shape index (κ1) is 23.1. The van der Waals surface area contributed by atoms with Crippen LogP contribution in [0, 0.1) is 35.5 Å². The second-order valence-corrected chi connectivity index (χ2v) is 10.9. The normalized spacial score (nSPS) is 38.5. The van der Waals surface area contributed by atoms with Gasteiger partial charge in [0.05, 0.1) is 5.92 Å². The topological polar surface area (TPSA) is 26.3 Å². The summed E-state index contributed by atoms with van der Waals surface area (Å²) in [4.78, 5) is 12.8. The minimum Gasteiger partial charge on any atom is -0.462 e. The molecule has 3 saturated carbocycles. The number of esters is 1. The van der Waals surface area contributed by atoms with E-state index in [4.69, 9.17) is 4.74 Å². The van der Waals surface area contributed by atoms with Crippen LogP contribution in [0.5, 0.6) is 0 Å². The fourth-order valence-electron chi connectivity index (χ4n) is 6.98. The molecule has 0 radical (unpaired) electrons. The third-order valence-corrected chi connectivity index (χ3v) is 8.79. The SMILES string of the molecule is CCCCC1CCC(OC(=O)[C@H]2CC[C@H]([C@@H]3CC[C@H](CCC)C[C@H]3C)CC2)CC1. The zero-order chi connectivity index (χ0) is 20.6. The number of rotatable bonds is 8. The van der Waals surface area contributed by atoms with Gasteiger partial charge in [0, 0.05) is 0 Å². The third kappa shape index (κ3) is 6.73. The highest BCUT2D eigenvalue weighted by Gasteiger charge is 2.37. The van der Waals surface area contributed by atoms with Gasteiger partial charge in [0.1, 0.15) is 6.10 Å². The molecule has 0 aliphatic heterocycles. The fourth-order valence-corrected chi connectivity index (χ4v) is 6.98. The molecule has 0 amide bonds. The van der Waals surface area contributed by atoms with Gasteiger partial charge in [-0.05, 0) is 93.8 Å². The van der Waals surface area contributed by atoms with Crippen LogP contribution in [0.1, 0.15) is 124 Å². The van der Waals surface area contributed by atoms with Crippen molar-refractivity contribution in [3.63, 3.8) is 0 Å². The highest BCUT2D eigenvalue weighted by Crippen LogP contribution is 2.45. The number of ether oxygens (including phenoxy) is 1. The molecule has 0 aromatic heterocycles. The predicted octanol–water partition coefficient (Wildman–Crippen LogP) is 7.94. The van der Waals surface area contributed by atoms with Crippen molar-refractivity contribution in [1.82, 2.24) is 0 Å². The van der Waals surface area contributed by atoms with Gasteiger partial charge < -0.3 is 4.74 Å². The van der Waals surface area contributed by atoms with Crippen LogP contribution in [0.4, 0.5) is 0 Å². The zero-order valence-electron chi connectivity index (χ0n) is 19.7. The summed E-state index contributed by atoms with van der Waals surface area (Å²) in [6.45, 7) is 7.11. The van der Waals surface area contributed by atoms with E-state index in [9.17, 15) is 4.79 Å². The van der Waals surface area contributed by atoms with E-state index in [1.54, 1.807) is 0 Å². The second kappa shape index (κ2) is 11.8. The molecular weight excluding hydrogens is 356 g/mol. The summed E-state index contributed by atoms with van der Waals surface area (Å²) in [5.74, 6) is 4.86. The molecule has 2 nitrogen and oxygen atoms in total. The Morgan fingerprint density at radius 3 is 2.10 bits per heavy atom. The van der Waals surface area contributed by atoms with Gasteiger partial charge in [-0.1, -0.05) is 59.3 Å². The van der Waals surface area contributed by atoms with Crippen LogP contribution >= 0.6 is 0 Å². The summed E-state index contributed by atoms with van der Waals surface area (Å²) in [6, 6.07) is 0. The smallest absolute Gasteiger partial charge is 0.309 e. The quantitative estimate of drug-likeness (QED) is 0.384. The molecule has 3 fully saturated rings. The summed E-state index contributed by atoms with van der Waals surface area (Å²) in [7, 11) is 0. The summed E-state index contributed by atoms with van der Waals surface area (Å²) in [5, 5.41) is 0.